The van der Waals surface area contributed by atoms with E-state index in [4.69, 9.17) is 5.11 Å². The fourth-order valence-electron chi connectivity index (χ4n) is 3.53. The van der Waals surface area contributed by atoms with E-state index < -0.39 is 11.9 Å². The third kappa shape index (κ3) is 2.63. The van der Waals surface area contributed by atoms with Gasteiger partial charge in [0.15, 0.2) is 0 Å². The van der Waals surface area contributed by atoms with Gasteiger partial charge >= 0.3 is 5.97 Å². The molecule has 2 amide bonds. The van der Waals surface area contributed by atoms with Crippen molar-refractivity contribution in [3.63, 3.8) is 0 Å². The van der Waals surface area contributed by atoms with Gasteiger partial charge in [0.25, 0.3) is 0 Å². The first-order valence-electron chi connectivity index (χ1n) is 7.81. The predicted molar refractivity (Wildman–Crippen MR) is 74.3 cm³/mol. The number of carbonyl (C=O) groups excluding carboxylic acids is 2. The summed E-state index contributed by atoms with van der Waals surface area (Å²) in [6, 6.07) is -0.363. The molecule has 2 saturated heterocycles. The fourth-order valence-corrected chi connectivity index (χ4v) is 3.53. The first kappa shape index (κ1) is 14.4. The van der Waals surface area contributed by atoms with E-state index >= 15 is 0 Å². The molecule has 0 aromatic carbocycles. The predicted octanol–water partition coefficient (Wildman–Crippen LogP) is 0.567. The van der Waals surface area contributed by atoms with Gasteiger partial charge < -0.3 is 14.9 Å². The normalized spacial score (nSPS) is 32.5. The lowest BCUT2D eigenvalue weighted by Crippen LogP contribution is -2.47. The van der Waals surface area contributed by atoms with Crippen LogP contribution in [0.5, 0.6) is 0 Å². The van der Waals surface area contributed by atoms with Crippen molar-refractivity contribution in [2.24, 2.45) is 17.8 Å². The summed E-state index contributed by atoms with van der Waals surface area (Å²) in [4.78, 5) is 39.4. The molecule has 1 N–H and O–H groups in total. The van der Waals surface area contributed by atoms with Gasteiger partial charge in [0.05, 0.1) is 5.92 Å². The van der Waals surface area contributed by atoms with Crippen LogP contribution in [-0.4, -0.2) is 58.4 Å². The summed E-state index contributed by atoms with van der Waals surface area (Å²) in [5.41, 5.74) is 0. The summed E-state index contributed by atoms with van der Waals surface area (Å²) in [5.74, 6) is -1.16. The van der Waals surface area contributed by atoms with E-state index in [9.17, 15) is 14.4 Å². The Morgan fingerprint density at radius 1 is 1.05 bits per heavy atom. The maximum Gasteiger partial charge on any atom is 0.308 e. The maximum absolute atomic E-state index is 12.7. The molecule has 0 aromatic rings. The zero-order valence-electron chi connectivity index (χ0n) is 12.3. The molecule has 6 heteroatoms. The second-order valence-corrected chi connectivity index (χ2v) is 6.63. The summed E-state index contributed by atoms with van der Waals surface area (Å²) in [6.45, 7) is 3.29. The molecule has 0 aromatic heterocycles. The number of aliphatic carboxylic acids is 1. The third-order valence-electron chi connectivity index (χ3n) is 4.99. The van der Waals surface area contributed by atoms with Crippen LogP contribution in [0.4, 0.5) is 0 Å². The zero-order valence-corrected chi connectivity index (χ0v) is 12.3. The molecule has 0 bridgehead atoms. The summed E-state index contributed by atoms with van der Waals surface area (Å²) in [7, 11) is 0. The molecule has 1 saturated carbocycles. The molecule has 1 aliphatic carbocycles. The van der Waals surface area contributed by atoms with Crippen molar-refractivity contribution >= 4 is 17.8 Å². The summed E-state index contributed by atoms with van der Waals surface area (Å²) < 4.78 is 0. The van der Waals surface area contributed by atoms with Crippen LogP contribution in [0.3, 0.4) is 0 Å². The quantitative estimate of drug-likeness (QED) is 0.825. The third-order valence-corrected chi connectivity index (χ3v) is 4.99. The van der Waals surface area contributed by atoms with Gasteiger partial charge in [-0.1, -0.05) is 6.92 Å². The first-order chi connectivity index (χ1) is 9.99. The zero-order chi connectivity index (χ0) is 15.1. The molecular formula is C15H22N2O4. The second kappa shape index (κ2) is 5.31. The Morgan fingerprint density at radius 2 is 1.76 bits per heavy atom. The van der Waals surface area contributed by atoms with Crippen LogP contribution in [0.25, 0.3) is 0 Å². The number of nitrogens with zero attached hydrogens (tertiary/aromatic N) is 2. The van der Waals surface area contributed by atoms with Crippen LogP contribution in [0.1, 0.15) is 32.6 Å². The Hall–Kier alpha value is -1.59. The second-order valence-electron chi connectivity index (χ2n) is 6.63. The molecule has 3 fully saturated rings. The van der Waals surface area contributed by atoms with Crippen LogP contribution in [0.2, 0.25) is 0 Å². The van der Waals surface area contributed by atoms with Gasteiger partial charge in [0, 0.05) is 25.6 Å². The van der Waals surface area contributed by atoms with E-state index in [-0.39, 0.29) is 36.2 Å². The summed E-state index contributed by atoms with van der Waals surface area (Å²) in [6.07, 6.45) is 3.46. The minimum Gasteiger partial charge on any atom is -0.481 e. The number of carbonyl (C=O) groups is 3. The van der Waals surface area contributed by atoms with E-state index in [0.717, 1.165) is 19.3 Å². The average molecular weight is 294 g/mol. The van der Waals surface area contributed by atoms with Gasteiger partial charge in [-0.3, -0.25) is 14.4 Å². The lowest BCUT2D eigenvalue weighted by Gasteiger charge is -2.28. The van der Waals surface area contributed by atoms with Crippen molar-refractivity contribution in [2.75, 3.05) is 19.6 Å². The van der Waals surface area contributed by atoms with Gasteiger partial charge in [0.1, 0.15) is 6.04 Å². The molecule has 0 spiro atoms. The maximum atomic E-state index is 12.7. The molecule has 1 unspecified atom stereocenters. The Labute approximate surface area is 124 Å². The summed E-state index contributed by atoms with van der Waals surface area (Å²) >= 11 is 0. The SMILES string of the molecule is C[C@@H]1CN(C(=O)C2CCCN2C(=O)C2CC2)C[C@H]1C(=O)O. The molecule has 2 heterocycles. The van der Waals surface area contributed by atoms with Crippen molar-refractivity contribution in [1.29, 1.82) is 0 Å². The van der Waals surface area contributed by atoms with Crippen molar-refractivity contribution in [2.45, 2.75) is 38.6 Å². The standard InChI is InChI=1S/C15H22N2O4/c1-9-7-16(8-11(9)15(20)21)14(19)12-3-2-6-17(12)13(18)10-4-5-10/h9-12H,2-8H2,1H3,(H,20,21)/t9-,11-,12?/m1/s1. The lowest BCUT2D eigenvalue weighted by molar-refractivity contribution is -0.145. The highest BCUT2D eigenvalue weighted by Crippen LogP contribution is 2.34. The Bertz CT molecular complexity index is 474. The average Bonchev–Trinajstić information content (AvgIpc) is 3.04. The number of rotatable bonds is 3. The number of carboxylic acids is 1. The highest BCUT2D eigenvalue weighted by atomic mass is 16.4. The fraction of sp³-hybridized carbons (Fsp3) is 0.800. The minimum absolute atomic E-state index is 0.0274. The molecule has 3 aliphatic rings. The van der Waals surface area contributed by atoms with Crippen LogP contribution < -0.4 is 0 Å². The van der Waals surface area contributed by atoms with Gasteiger partial charge in [-0.2, -0.15) is 0 Å². The van der Waals surface area contributed by atoms with Crippen LogP contribution >= 0.6 is 0 Å². The number of hydrogen-bond acceptors (Lipinski definition) is 3. The monoisotopic (exact) mass is 294 g/mol. The van der Waals surface area contributed by atoms with Crippen LogP contribution in [0.15, 0.2) is 0 Å². The first-order valence-corrected chi connectivity index (χ1v) is 7.81. The highest BCUT2D eigenvalue weighted by Gasteiger charge is 2.44. The number of amides is 2. The lowest BCUT2D eigenvalue weighted by atomic mass is 9.99. The van der Waals surface area contributed by atoms with Crippen LogP contribution in [0, 0.1) is 17.8 Å². The molecule has 6 nitrogen and oxygen atoms in total. The van der Waals surface area contributed by atoms with Crippen molar-refractivity contribution < 1.29 is 19.5 Å². The molecule has 2 aliphatic heterocycles. The van der Waals surface area contributed by atoms with E-state index in [1.54, 1.807) is 9.80 Å². The molecule has 3 rings (SSSR count). The summed E-state index contributed by atoms with van der Waals surface area (Å²) in [5, 5.41) is 9.17. The Kier molecular flexibility index (Phi) is 3.63. The van der Waals surface area contributed by atoms with E-state index in [2.05, 4.69) is 0 Å². The van der Waals surface area contributed by atoms with Crippen molar-refractivity contribution in [3.05, 3.63) is 0 Å². The number of carboxylic acid groups (broad SMARTS) is 1. The molecule has 0 radical (unpaired) electrons. The topological polar surface area (TPSA) is 77.9 Å². The van der Waals surface area contributed by atoms with E-state index in [1.807, 2.05) is 6.92 Å². The van der Waals surface area contributed by atoms with Crippen LogP contribution in [-0.2, 0) is 14.4 Å². The largest absolute Gasteiger partial charge is 0.481 e. The van der Waals surface area contributed by atoms with Gasteiger partial charge in [-0.05, 0) is 31.6 Å². The number of likely N-dealkylation sites (tertiary alicyclic amines) is 2. The molecule has 116 valence electrons. The van der Waals surface area contributed by atoms with Crippen molar-refractivity contribution in [1.82, 2.24) is 9.80 Å². The van der Waals surface area contributed by atoms with Gasteiger partial charge in [0.2, 0.25) is 11.8 Å². The smallest absolute Gasteiger partial charge is 0.308 e. The van der Waals surface area contributed by atoms with E-state index in [1.165, 1.54) is 0 Å². The minimum atomic E-state index is -0.838. The Balaban J connectivity index is 1.67. The molecule has 3 atom stereocenters. The molecule has 21 heavy (non-hydrogen) atoms. The van der Waals surface area contributed by atoms with Gasteiger partial charge in [-0.25, -0.2) is 0 Å². The molecular weight excluding hydrogens is 272 g/mol. The Morgan fingerprint density at radius 3 is 2.33 bits per heavy atom. The van der Waals surface area contributed by atoms with Crippen molar-refractivity contribution in [3.8, 4) is 0 Å². The highest BCUT2D eigenvalue weighted by molar-refractivity contribution is 5.90. The number of hydrogen-bond donors (Lipinski definition) is 1. The van der Waals surface area contributed by atoms with E-state index in [0.29, 0.717) is 19.5 Å². The van der Waals surface area contributed by atoms with Gasteiger partial charge in [-0.15, -0.1) is 0 Å².